The third-order valence-corrected chi connectivity index (χ3v) is 0.941. The minimum absolute atomic E-state index is 0.310. The summed E-state index contributed by atoms with van der Waals surface area (Å²) in [5.74, 6) is 0. The Balaban J connectivity index is 2.96. The summed E-state index contributed by atoms with van der Waals surface area (Å²) >= 11 is 0. The lowest BCUT2D eigenvalue weighted by atomic mass is 10.3. The number of aliphatic hydroxyl groups excluding tert-OH is 1. The molecular weight excluding hydrogens is 116 g/mol. The Bertz CT molecular complexity index is 75.5. The maximum absolute atomic E-state index is 8.86. The maximum atomic E-state index is 8.86. The highest BCUT2D eigenvalue weighted by atomic mass is 16.3. The summed E-state index contributed by atoms with van der Waals surface area (Å²) in [6, 6.07) is 0. The van der Waals surface area contributed by atoms with Gasteiger partial charge in [0.05, 0.1) is 6.10 Å². The number of nitrogens with two attached hydrogens (primary N) is 1. The minimum atomic E-state index is -0.426. The normalized spacial score (nSPS) is 13.1. The molecule has 0 aliphatic heterocycles. The van der Waals surface area contributed by atoms with Crippen molar-refractivity contribution in [2.24, 2.45) is 5.73 Å². The average molecular weight is 130 g/mol. The van der Waals surface area contributed by atoms with Crippen LogP contribution in [-0.4, -0.2) is 30.8 Å². The van der Waals surface area contributed by atoms with Crippen molar-refractivity contribution in [2.75, 3.05) is 19.6 Å². The number of nitrogens with one attached hydrogen (secondary N) is 1. The molecule has 0 saturated carbocycles. The smallest absolute Gasteiger partial charge is 0.0786 e. The Kier molecular flexibility index (Phi) is 5.51. The summed E-state index contributed by atoms with van der Waals surface area (Å²) in [6.07, 6.45) is 1.31. The molecule has 4 N–H and O–H groups in total. The van der Waals surface area contributed by atoms with Gasteiger partial charge in [-0.2, -0.15) is 0 Å². The van der Waals surface area contributed by atoms with Crippen LogP contribution >= 0.6 is 0 Å². The standard InChI is InChI=1S/C6H14N2O/c1-2-3-8-5-6(9)4-7/h2,6,8-9H,1,3-5,7H2. The van der Waals surface area contributed by atoms with Crippen molar-refractivity contribution >= 4 is 0 Å². The van der Waals surface area contributed by atoms with Crippen molar-refractivity contribution in [3.8, 4) is 0 Å². The first-order chi connectivity index (χ1) is 4.31. The summed E-state index contributed by atoms with van der Waals surface area (Å²) in [5.41, 5.74) is 5.14. The molecule has 0 aliphatic carbocycles. The lowest BCUT2D eigenvalue weighted by Gasteiger charge is -2.06. The molecule has 0 heterocycles. The molecule has 0 saturated heterocycles. The quantitative estimate of drug-likeness (QED) is 0.333. The molecule has 0 spiro atoms. The van der Waals surface area contributed by atoms with Crippen molar-refractivity contribution in [3.63, 3.8) is 0 Å². The van der Waals surface area contributed by atoms with Gasteiger partial charge in [0.25, 0.3) is 0 Å². The average Bonchev–Trinajstić information content (AvgIpc) is 1.89. The van der Waals surface area contributed by atoms with E-state index in [2.05, 4.69) is 11.9 Å². The SMILES string of the molecule is C=CCNCC(O)CN. The van der Waals surface area contributed by atoms with E-state index in [1.54, 1.807) is 6.08 Å². The molecule has 0 bridgehead atoms. The number of hydrogen-bond donors (Lipinski definition) is 3. The molecule has 0 fully saturated rings. The largest absolute Gasteiger partial charge is 0.390 e. The van der Waals surface area contributed by atoms with E-state index in [1.165, 1.54) is 0 Å². The van der Waals surface area contributed by atoms with Gasteiger partial charge in [0.2, 0.25) is 0 Å². The van der Waals surface area contributed by atoms with Gasteiger partial charge in [-0.15, -0.1) is 6.58 Å². The third kappa shape index (κ3) is 5.49. The number of aliphatic hydroxyl groups is 1. The maximum Gasteiger partial charge on any atom is 0.0786 e. The van der Waals surface area contributed by atoms with Gasteiger partial charge in [-0.05, 0) is 0 Å². The Morgan fingerprint density at radius 2 is 2.44 bits per heavy atom. The van der Waals surface area contributed by atoms with Crippen LogP contribution in [0.25, 0.3) is 0 Å². The van der Waals surface area contributed by atoms with Gasteiger partial charge >= 0.3 is 0 Å². The van der Waals surface area contributed by atoms with E-state index in [0.29, 0.717) is 13.1 Å². The van der Waals surface area contributed by atoms with Gasteiger partial charge in [-0.3, -0.25) is 0 Å². The second-order valence-corrected chi connectivity index (χ2v) is 1.84. The molecular formula is C6H14N2O. The van der Waals surface area contributed by atoms with Crippen molar-refractivity contribution < 1.29 is 5.11 Å². The van der Waals surface area contributed by atoms with E-state index >= 15 is 0 Å². The highest BCUT2D eigenvalue weighted by Crippen LogP contribution is 1.72. The first-order valence-corrected chi connectivity index (χ1v) is 3.01. The van der Waals surface area contributed by atoms with Crippen LogP contribution in [0.1, 0.15) is 0 Å². The van der Waals surface area contributed by atoms with E-state index in [-0.39, 0.29) is 0 Å². The summed E-state index contributed by atoms with van der Waals surface area (Å²) in [7, 11) is 0. The highest BCUT2D eigenvalue weighted by Gasteiger charge is 1.96. The van der Waals surface area contributed by atoms with E-state index in [4.69, 9.17) is 10.8 Å². The lowest BCUT2D eigenvalue weighted by Crippen LogP contribution is -2.32. The van der Waals surface area contributed by atoms with Crippen LogP contribution in [0.3, 0.4) is 0 Å². The van der Waals surface area contributed by atoms with Gasteiger partial charge < -0.3 is 16.2 Å². The molecule has 3 nitrogen and oxygen atoms in total. The van der Waals surface area contributed by atoms with Crippen molar-refractivity contribution in [1.29, 1.82) is 0 Å². The summed E-state index contributed by atoms with van der Waals surface area (Å²) in [4.78, 5) is 0. The molecule has 9 heavy (non-hydrogen) atoms. The highest BCUT2D eigenvalue weighted by molar-refractivity contribution is 4.71. The van der Waals surface area contributed by atoms with E-state index < -0.39 is 6.10 Å². The predicted octanol–water partition coefficient (Wildman–Crippen LogP) is -0.918. The number of rotatable bonds is 5. The fourth-order valence-electron chi connectivity index (χ4n) is 0.435. The van der Waals surface area contributed by atoms with Crippen LogP contribution in [0, 0.1) is 0 Å². The Labute approximate surface area is 55.6 Å². The third-order valence-electron chi connectivity index (χ3n) is 0.941. The minimum Gasteiger partial charge on any atom is -0.390 e. The van der Waals surface area contributed by atoms with Gasteiger partial charge in [0, 0.05) is 19.6 Å². The zero-order valence-corrected chi connectivity index (χ0v) is 5.51. The fraction of sp³-hybridized carbons (Fsp3) is 0.667. The molecule has 0 aromatic carbocycles. The monoisotopic (exact) mass is 130 g/mol. The zero-order valence-electron chi connectivity index (χ0n) is 5.51. The van der Waals surface area contributed by atoms with Gasteiger partial charge in [-0.25, -0.2) is 0 Å². The predicted molar refractivity (Wildman–Crippen MR) is 38.1 cm³/mol. The molecule has 0 aromatic rings. The first kappa shape index (κ1) is 8.62. The molecule has 0 amide bonds. The fourth-order valence-corrected chi connectivity index (χ4v) is 0.435. The summed E-state index contributed by atoms with van der Waals surface area (Å²) in [6.45, 7) is 5.08. The van der Waals surface area contributed by atoms with Crippen LogP contribution in [-0.2, 0) is 0 Å². The van der Waals surface area contributed by atoms with Crippen LogP contribution in [0.2, 0.25) is 0 Å². The topological polar surface area (TPSA) is 58.3 Å². The van der Waals surface area contributed by atoms with Crippen molar-refractivity contribution in [3.05, 3.63) is 12.7 Å². The molecule has 1 atom stereocenters. The van der Waals surface area contributed by atoms with Crippen LogP contribution < -0.4 is 11.1 Å². The summed E-state index contributed by atoms with van der Waals surface area (Å²) in [5, 5.41) is 11.8. The zero-order chi connectivity index (χ0) is 7.11. The second-order valence-electron chi connectivity index (χ2n) is 1.84. The number of hydrogen-bond acceptors (Lipinski definition) is 3. The van der Waals surface area contributed by atoms with E-state index in [9.17, 15) is 0 Å². The van der Waals surface area contributed by atoms with E-state index in [0.717, 1.165) is 6.54 Å². The Hall–Kier alpha value is -0.380. The first-order valence-electron chi connectivity index (χ1n) is 3.01. The molecule has 0 radical (unpaired) electrons. The van der Waals surface area contributed by atoms with Crippen LogP contribution in [0.15, 0.2) is 12.7 Å². The van der Waals surface area contributed by atoms with Gasteiger partial charge in [0.15, 0.2) is 0 Å². The van der Waals surface area contributed by atoms with Crippen molar-refractivity contribution in [2.45, 2.75) is 6.10 Å². The second kappa shape index (κ2) is 5.75. The molecule has 0 aliphatic rings. The molecule has 3 heteroatoms. The van der Waals surface area contributed by atoms with Crippen molar-refractivity contribution in [1.82, 2.24) is 5.32 Å². The van der Waals surface area contributed by atoms with Gasteiger partial charge in [0.1, 0.15) is 0 Å². The summed E-state index contributed by atoms with van der Waals surface area (Å²) < 4.78 is 0. The van der Waals surface area contributed by atoms with Crippen LogP contribution in [0.5, 0.6) is 0 Å². The molecule has 0 aromatic heterocycles. The van der Waals surface area contributed by atoms with E-state index in [1.807, 2.05) is 0 Å². The molecule has 54 valence electrons. The Morgan fingerprint density at radius 3 is 2.89 bits per heavy atom. The van der Waals surface area contributed by atoms with Gasteiger partial charge in [-0.1, -0.05) is 6.08 Å². The lowest BCUT2D eigenvalue weighted by molar-refractivity contribution is 0.181. The molecule has 1 unspecified atom stereocenters. The molecule has 0 rings (SSSR count). The van der Waals surface area contributed by atoms with Crippen LogP contribution in [0.4, 0.5) is 0 Å². The Morgan fingerprint density at radius 1 is 1.78 bits per heavy atom.